The van der Waals surface area contributed by atoms with Crippen LogP contribution in [-0.4, -0.2) is 22.8 Å². The second-order valence-corrected chi connectivity index (χ2v) is 9.84. The van der Waals surface area contributed by atoms with Crippen molar-refractivity contribution in [2.24, 2.45) is 40.4 Å². The minimum absolute atomic E-state index is 0.0138. The van der Waals surface area contributed by atoms with Crippen LogP contribution < -0.4 is 0 Å². The van der Waals surface area contributed by atoms with Crippen LogP contribution in [0.25, 0.3) is 0 Å². The highest BCUT2D eigenvalue weighted by Gasteiger charge is 2.63. The predicted molar refractivity (Wildman–Crippen MR) is 92.3 cm³/mol. The van der Waals surface area contributed by atoms with Crippen LogP contribution in [0.2, 0.25) is 0 Å². The van der Waals surface area contributed by atoms with Crippen molar-refractivity contribution in [1.82, 2.24) is 0 Å². The lowest BCUT2D eigenvalue weighted by molar-refractivity contribution is -0.173. The minimum atomic E-state index is -0.308. The Balaban J connectivity index is 1.68. The summed E-state index contributed by atoms with van der Waals surface area (Å²) in [7, 11) is 0. The fourth-order valence-electron chi connectivity index (χ4n) is 7.84. The number of carbonyl (C=O) groups excluding carboxylic acids is 2. The van der Waals surface area contributed by atoms with Crippen LogP contribution in [-0.2, 0) is 9.59 Å². The molecule has 4 aliphatic rings. The third-order valence-corrected chi connectivity index (χ3v) is 8.90. The number of fused-ring (bicyclic) bond motifs is 5. The summed E-state index contributed by atoms with van der Waals surface area (Å²) in [5, 5.41) is 11.2. The minimum Gasteiger partial charge on any atom is -0.393 e. The van der Waals surface area contributed by atoms with Gasteiger partial charge in [0, 0.05) is 18.8 Å². The second kappa shape index (κ2) is 5.40. The van der Waals surface area contributed by atoms with Gasteiger partial charge in [0.2, 0.25) is 0 Å². The Morgan fingerprint density at radius 2 is 1.88 bits per heavy atom. The van der Waals surface area contributed by atoms with Gasteiger partial charge in [-0.05, 0) is 80.0 Å². The fraction of sp³-hybridized carbons (Fsp3) is 0.905. The first kappa shape index (κ1) is 16.8. The maximum absolute atomic E-state index is 12.2. The second-order valence-electron chi connectivity index (χ2n) is 9.84. The van der Waals surface area contributed by atoms with Crippen LogP contribution in [0.15, 0.2) is 0 Å². The summed E-state index contributed by atoms with van der Waals surface area (Å²) in [6.07, 6.45) is 7.27. The standard InChI is InChI=1S/C21H32O3/c1-12(22)16-6-7-17-15-5-4-13-10-14(23)8-9-20(13,2)19(15)18(24)11-21(16,17)3/h13,15-19,24H,4-11H2,1-3H3/t13-,15+,16-,17+,18-,19-,20+,21+/m1/s1. The molecule has 0 aromatic carbocycles. The van der Waals surface area contributed by atoms with Gasteiger partial charge in [0.1, 0.15) is 11.6 Å². The first-order valence-electron chi connectivity index (χ1n) is 9.97. The molecule has 0 bridgehead atoms. The van der Waals surface area contributed by atoms with Gasteiger partial charge in [-0.25, -0.2) is 0 Å². The van der Waals surface area contributed by atoms with Crippen molar-refractivity contribution >= 4 is 11.6 Å². The number of aliphatic hydroxyl groups excluding tert-OH is 1. The van der Waals surface area contributed by atoms with Crippen molar-refractivity contribution in [3.05, 3.63) is 0 Å². The molecule has 0 radical (unpaired) electrons. The summed E-state index contributed by atoms with van der Waals surface area (Å²) in [4.78, 5) is 24.1. The normalized spacial score (nSPS) is 53.9. The third kappa shape index (κ3) is 2.12. The zero-order valence-corrected chi connectivity index (χ0v) is 15.4. The summed E-state index contributed by atoms with van der Waals surface area (Å²) in [5.74, 6) is 2.78. The molecule has 4 fully saturated rings. The monoisotopic (exact) mass is 332 g/mol. The molecular weight excluding hydrogens is 300 g/mol. The van der Waals surface area contributed by atoms with Gasteiger partial charge in [0.05, 0.1) is 6.10 Å². The lowest BCUT2D eigenvalue weighted by atomic mass is 9.44. The molecule has 24 heavy (non-hydrogen) atoms. The van der Waals surface area contributed by atoms with Gasteiger partial charge in [-0.3, -0.25) is 9.59 Å². The Bertz CT molecular complexity index is 569. The van der Waals surface area contributed by atoms with E-state index in [1.165, 1.54) is 0 Å². The summed E-state index contributed by atoms with van der Waals surface area (Å²) < 4.78 is 0. The summed E-state index contributed by atoms with van der Waals surface area (Å²) >= 11 is 0. The molecule has 0 spiro atoms. The van der Waals surface area contributed by atoms with E-state index in [0.717, 1.165) is 44.9 Å². The average Bonchev–Trinajstić information content (AvgIpc) is 2.84. The Labute approximate surface area is 145 Å². The maximum Gasteiger partial charge on any atom is 0.133 e. The van der Waals surface area contributed by atoms with E-state index >= 15 is 0 Å². The van der Waals surface area contributed by atoms with Crippen molar-refractivity contribution in [2.45, 2.75) is 78.2 Å². The van der Waals surface area contributed by atoms with Gasteiger partial charge in [-0.1, -0.05) is 13.8 Å². The van der Waals surface area contributed by atoms with Crippen molar-refractivity contribution in [3.8, 4) is 0 Å². The lowest BCUT2D eigenvalue weighted by Crippen LogP contribution is -2.59. The van der Waals surface area contributed by atoms with Crippen LogP contribution in [0.1, 0.15) is 72.1 Å². The van der Waals surface area contributed by atoms with E-state index in [2.05, 4.69) is 13.8 Å². The molecule has 0 aromatic rings. The third-order valence-electron chi connectivity index (χ3n) is 8.90. The van der Waals surface area contributed by atoms with Crippen molar-refractivity contribution in [3.63, 3.8) is 0 Å². The number of Topliss-reactive ketones (excluding diaryl/α,β-unsaturated/α-hetero) is 2. The molecule has 3 nitrogen and oxygen atoms in total. The molecular formula is C21H32O3. The van der Waals surface area contributed by atoms with E-state index in [-0.39, 0.29) is 22.9 Å². The van der Waals surface area contributed by atoms with Crippen molar-refractivity contribution in [1.29, 1.82) is 0 Å². The number of aliphatic hydroxyl groups is 1. The molecule has 0 heterocycles. The van der Waals surface area contributed by atoms with Crippen molar-refractivity contribution < 1.29 is 14.7 Å². The van der Waals surface area contributed by atoms with E-state index in [9.17, 15) is 14.7 Å². The van der Waals surface area contributed by atoms with Crippen LogP contribution in [0.5, 0.6) is 0 Å². The molecule has 8 atom stereocenters. The largest absolute Gasteiger partial charge is 0.393 e. The molecule has 0 saturated heterocycles. The predicted octanol–water partition coefficient (Wildman–Crippen LogP) is 3.77. The summed E-state index contributed by atoms with van der Waals surface area (Å²) in [5.41, 5.74) is 0.103. The Kier molecular flexibility index (Phi) is 3.77. The molecule has 0 aromatic heterocycles. The van der Waals surface area contributed by atoms with Crippen LogP contribution in [0.3, 0.4) is 0 Å². The summed E-state index contributed by atoms with van der Waals surface area (Å²) in [6.45, 7) is 6.36. The van der Waals surface area contributed by atoms with E-state index < -0.39 is 0 Å². The van der Waals surface area contributed by atoms with E-state index in [4.69, 9.17) is 0 Å². The highest BCUT2D eigenvalue weighted by Crippen LogP contribution is 2.67. The lowest BCUT2D eigenvalue weighted by Gasteiger charge is -2.61. The van der Waals surface area contributed by atoms with Crippen LogP contribution in [0.4, 0.5) is 0 Å². The zero-order chi connectivity index (χ0) is 17.3. The highest BCUT2D eigenvalue weighted by molar-refractivity contribution is 5.80. The van der Waals surface area contributed by atoms with Gasteiger partial charge >= 0.3 is 0 Å². The molecule has 4 aliphatic carbocycles. The molecule has 4 rings (SSSR count). The molecule has 3 heteroatoms. The number of hydrogen-bond donors (Lipinski definition) is 1. The van der Waals surface area contributed by atoms with E-state index in [0.29, 0.717) is 41.7 Å². The van der Waals surface area contributed by atoms with E-state index in [1.54, 1.807) is 6.92 Å². The first-order valence-corrected chi connectivity index (χ1v) is 9.97. The average molecular weight is 332 g/mol. The van der Waals surface area contributed by atoms with Crippen LogP contribution >= 0.6 is 0 Å². The topological polar surface area (TPSA) is 54.4 Å². The Morgan fingerprint density at radius 1 is 1.12 bits per heavy atom. The van der Waals surface area contributed by atoms with Crippen LogP contribution in [0, 0.1) is 40.4 Å². The van der Waals surface area contributed by atoms with Gasteiger partial charge < -0.3 is 5.11 Å². The maximum atomic E-state index is 12.2. The quantitative estimate of drug-likeness (QED) is 0.795. The first-order chi connectivity index (χ1) is 11.3. The highest BCUT2D eigenvalue weighted by atomic mass is 16.3. The molecule has 1 N–H and O–H groups in total. The van der Waals surface area contributed by atoms with E-state index in [1.807, 2.05) is 0 Å². The molecule has 0 aliphatic heterocycles. The number of ketones is 2. The van der Waals surface area contributed by atoms with Gasteiger partial charge in [-0.2, -0.15) is 0 Å². The molecule has 134 valence electrons. The molecule has 0 amide bonds. The SMILES string of the molecule is CC(=O)[C@H]1CC[C@H]2[C@@H]3CC[C@@H]4CC(=O)CC[C@]4(C)[C@H]3[C@H](O)C[C@@]12C. The molecule has 0 unspecified atom stereocenters. The zero-order valence-electron chi connectivity index (χ0n) is 15.4. The van der Waals surface area contributed by atoms with Crippen molar-refractivity contribution in [2.75, 3.05) is 0 Å². The van der Waals surface area contributed by atoms with Gasteiger partial charge in [-0.15, -0.1) is 0 Å². The van der Waals surface area contributed by atoms with Gasteiger partial charge in [0.25, 0.3) is 0 Å². The summed E-state index contributed by atoms with van der Waals surface area (Å²) in [6, 6.07) is 0. The Hall–Kier alpha value is -0.700. The van der Waals surface area contributed by atoms with Gasteiger partial charge in [0.15, 0.2) is 0 Å². The fourth-order valence-corrected chi connectivity index (χ4v) is 7.84. The number of hydrogen-bond acceptors (Lipinski definition) is 3. The number of carbonyl (C=O) groups is 2. The smallest absolute Gasteiger partial charge is 0.133 e. The molecule has 4 saturated carbocycles. The Morgan fingerprint density at radius 3 is 2.58 bits per heavy atom. The number of rotatable bonds is 1.